The topological polar surface area (TPSA) is 87.0 Å². The van der Waals surface area contributed by atoms with Crippen LogP contribution in [0.15, 0.2) is 18.2 Å². The maximum Gasteiger partial charge on any atom is 0.223 e. The van der Waals surface area contributed by atoms with Crippen molar-refractivity contribution < 1.29 is 4.79 Å². The third kappa shape index (κ3) is 3.95. The average molecular weight is 289 g/mol. The van der Waals surface area contributed by atoms with Crippen molar-refractivity contribution in [2.45, 2.75) is 13.3 Å². The molecule has 1 aromatic carbocycles. The van der Waals surface area contributed by atoms with E-state index in [1.807, 2.05) is 32.2 Å². The molecule has 1 unspecified atom stereocenters. The van der Waals surface area contributed by atoms with Gasteiger partial charge in [0.2, 0.25) is 5.91 Å². The molecule has 1 amide bonds. The fourth-order valence-electron chi connectivity index (χ4n) is 2.38. The Hall–Kier alpha value is -2.08. The van der Waals surface area contributed by atoms with Crippen molar-refractivity contribution in [3.63, 3.8) is 0 Å². The first-order valence-corrected chi connectivity index (χ1v) is 7.14. The van der Waals surface area contributed by atoms with Crippen LogP contribution in [0.25, 0.3) is 11.0 Å². The van der Waals surface area contributed by atoms with E-state index in [0.29, 0.717) is 0 Å². The molecule has 0 aliphatic heterocycles. The predicted octanol–water partition coefficient (Wildman–Crippen LogP) is 1.00. The summed E-state index contributed by atoms with van der Waals surface area (Å²) >= 11 is 0. The molecule has 0 bridgehead atoms. The Kier molecular flexibility index (Phi) is 4.80. The van der Waals surface area contributed by atoms with Gasteiger partial charge in [-0.1, -0.05) is 6.92 Å². The van der Waals surface area contributed by atoms with Gasteiger partial charge in [-0.2, -0.15) is 0 Å². The second-order valence-electron chi connectivity index (χ2n) is 5.49. The molecule has 1 heterocycles. The minimum Gasteiger partial charge on any atom is -0.399 e. The highest BCUT2D eigenvalue weighted by molar-refractivity contribution is 5.79. The third-order valence-electron chi connectivity index (χ3n) is 3.56. The van der Waals surface area contributed by atoms with Gasteiger partial charge in [0.1, 0.15) is 5.82 Å². The lowest BCUT2D eigenvalue weighted by molar-refractivity contribution is -0.124. The zero-order valence-corrected chi connectivity index (χ0v) is 12.8. The largest absolute Gasteiger partial charge is 0.399 e. The van der Waals surface area contributed by atoms with E-state index >= 15 is 0 Å². The van der Waals surface area contributed by atoms with Crippen LogP contribution in [-0.4, -0.2) is 48.0 Å². The fourth-order valence-corrected chi connectivity index (χ4v) is 2.38. The summed E-state index contributed by atoms with van der Waals surface area (Å²) in [6.45, 7) is 3.50. The Morgan fingerprint density at radius 1 is 1.52 bits per heavy atom. The maximum absolute atomic E-state index is 11.5. The highest BCUT2D eigenvalue weighted by Gasteiger charge is 2.13. The Morgan fingerprint density at radius 2 is 2.29 bits per heavy atom. The second-order valence-corrected chi connectivity index (χ2v) is 5.49. The molecule has 6 nitrogen and oxygen atoms in total. The average Bonchev–Trinajstić information content (AvgIpc) is 2.86. The first-order valence-electron chi connectivity index (χ1n) is 7.14. The van der Waals surface area contributed by atoms with Gasteiger partial charge in [-0.3, -0.25) is 4.79 Å². The number of nitrogens with two attached hydrogens (primary N) is 1. The smallest absolute Gasteiger partial charge is 0.223 e. The zero-order chi connectivity index (χ0) is 15.4. The number of imidazole rings is 1. The van der Waals surface area contributed by atoms with E-state index in [0.717, 1.165) is 42.1 Å². The molecule has 0 fully saturated rings. The van der Waals surface area contributed by atoms with E-state index < -0.39 is 0 Å². The summed E-state index contributed by atoms with van der Waals surface area (Å²) < 4.78 is 0. The molecule has 6 heteroatoms. The molecule has 2 rings (SSSR count). The number of carbonyl (C=O) groups is 1. The van der Waals surface area contributed by atoms with Gasteiger partial charge in [0.15, 0.2) is 0 Å². The predicted molar refractivity (Wildman–Crippen MR) is 84.9 cm³/mol. The molecule has 0 saturated heterocycles. The number of rotatable bonds is 6. The number of amides is 1. The van der Waals surface area contributed by atoms with Crippen molar-refractivity contribution >= 4 is 22.6 Å². The van der Waals surface area contributed by atoms with E-state index in [2.05, 4.69) is 20.2 Å². The van der Waals surface area contributed by atoms with Gasteiger partial charge >= 0.3 is 0 Å². The summed E-state index contributed by atoms with van der Waals surface area (Å²) in [5.41, 5.74) is 8.38. The molecule has 1 atom stereocenters. The Balaban J connectivity index is 1.90. The van der Waals surface area contributed by atoms with E-state index in [1.165, 1.54) is 0 Å². The van der Waals surface area contributed by atoms with E-state index in [-0.39, 0.29) is 11.8 Å². The number of aromatic nitrogens is 2. The normalized spacial score (nSPS) is 12.8. The van der Waals surface area contributed by atoms with E-state index in [1.54, 1.807) is 7.05 Å². The van der Waals surface area contributed by atoms with Crippen LogP contribution in [0.3, 0.4) is 0 Å². The van der Waals surface area contributed by atoms with Crippen LogP contribution < -0.4 is 11.1 Å². The van der Waals surface area contributed by atoms with Crippen LogP contribution >= 0.6 is 0 Å². The fraction of sp³-hybridized carbons (Fsp3) is 0.467. The number of aromatic amines is 1. The molecular formula is C15H23N5O. The summed E-state index contributed by atoms with van der Waals surface area (Å²) in [6.07, 6.45) is 0.811. The number of H-pyrrole nitrogens is 1. The van der Waals surface area contributed by atoms with Crippen molar-refractivity contribution in [3.8, 4) is 0 Å². The van der Waals surface area contributed by atoms with Crippen molar-refractivity contribution in [2.75, 3.05) is 32.9 Å². The Bertz CT molecular complexity index is 622. The van der Waals surface area contributed by atoms with Gasteiger partial charge in [0.25, 0.3) is 0 Å². The number of nitrogen functional groups attached to an aromatic ring is 1. The number of hydrogen-bond acceptors (Lipinski definition) is 4. The Morgan fingerprint density at radius 3 is 3.00 bits per heavy atom. The number of likely N-dealkylation sites (N-methyl/N-ethyl adjacent to an activating group) is 1. The van der Waals surface area contributed by atoms with Crippen LogP contribution in [-0.2, 0) is 11.2 Å². The summed E-state index contributed by atoms with van der Waals surface area (Å²) in [5.74, 6) is 0.992. The number of hydrogen-bond donors (Lipinski definition) is 3. The number of nitrogens with zero attached hydrogens (tertiary/aromatic N) is 2. The second kappa shape index (κ2) is 6.58. The molecule has 21 heavy (non-hydrogen) atoms. The number of nitrogens with one attached hydrogen (secondary N) is 2. The Labute approximate surface area is 124 Å². The number of carbonyl (C=O) groups excluding carboxylic acids is 1. The zero-order valence-electron chi connectivity index (χ0n) is 12.8. The van der Waals surface area contributed by atoms with Gasteiger partial charge in [0, 0.05) is 38.2 Å². The van der Waals surface area contributed by atoms with Crippen LogP contribution in [0, 0.1) is 5.92 Å². The summed E-state index contributed by atoms with van der Waals surface area (Å²) in [4.78, 5) is 21.5. The summed E-state index contributed by atoms with van der Waals surface area (Å²) in [7, 11) is 3.68. The lowest BCUT2D eigenvalue weighted by Crippen LogP contribution is -2.35. The number of anilines is 1. The molecule has 2 aromatic rings. The van der Waals surface area contributed by atoms with Crippen LogP contribution in [0.4, 0.5) is 5.69 Å². The minimum absolute atomic E-state index is 0.0181. The number of benzene rings is 1. The van der Waals surface area contributed by atoms with Crippen LogP contribution in [0.2, 0.25) is 0 Å². The van der Waals surface area contributed by atoms with Crippen molar-refractivity contribution in [3.05, 3.63) is 24.0 Å². The molecule has 0 aliphatic carbocycles. The first-order chi connectivity index (χ1) is 9.99. The molecule has 0 radical (unpaired) electrons. The highest BCUT2D eigenvalue weighted by atomic mass is 16.1. The molecular weight excluding hydrogens is 266 g/mol. The maximum atomic E-state index is 11.5. The molecule has 4 N–H and O–H groups in total. The minimum atomic E-state index is -0.0181. The van der Waals surface area contributed by atoms with Crippen molar-refractivity contribution in [2.24, 2.45) is 5.92 Å². The van der Waals surface area contributed by atoms with Gasteiger partial charge in [-0.05, 0) is 25.2 Å². The van der Waals surface area contributed by atoms with E-state index in [9.17, 15) is 4.79 Å². The number of fused-ring (bicyclic) bond motifs is 1. The first kappa shape index (κ1) is 15.3. The quantitative estimate of drug-likeness (QED) is 0.692. The molecule has 0 aliphatic rings. The summed E-state index contributed by atoms with van der Waals surface area (Å²) in [6, 6.07) is 5.66. The van der Waals surface area contributed by atoms with Gasteiger partial charge in [-0.15, -0.1) is 0 Å². The van der Waals surface area contributed by atoms with E-state index in [4.69, 9.17) is 5.73 Å². The molecule has 0 spiro atoms. The monoisotopic (exact) mass is 289 g/mol. The molecule has 114 valence electrons. The lowest BCUT2D eigenvalue weighted by Gasteiger charge is -2.19. The van der Waals surface area contributed by atoms with Crippen LogP contribution in [0.1, 0.15) is 12.7 Å². The van der Waals surface area contributed by atoms with Crippen molar-refractivity contribution in [1.82, 2.24) is 20.2 Å². The van der Waals surface area contributed by atoms with Gasteiger partial charge in [-0.25, -0.2) is 4.98 Å². The van der Waals surface area contributed by atoms with Gasteiger partial charge < -0.3 is 20.9 Å². The molecule has 1 aromatic heterocycles. The summed E-state index contributed by atoms with van der Waals surface area (Å²) in [5, 5.41) is 2.67. The highest BCUT2D eigenvalue weighted by Crippen LogP contribution is 2.15. The van der Waals surface area contributed by atoms with Crippen molar-refractivity contribution in [1.29, 1.82) is 0 Å². The van der Waals surface area contributed by atoms with Crippen LogP contribution in [0.5, 0.6) is 0 Å². The standard InChI is InChI=1S/C15H23N5O/c1-10(15(21)17-2)9-20(3)7-6-14-18-12-5-4-11(16)8-13(12)19-14/h4-5,8,10H,6-7,9,16H2,1-3H3,(H,17,21)(H,18,19). The lowest BCUT2D eigenvalue weighted by atomic mass is 10.1. The SMILES string of the molecule is CNC(=O)C(C)CN(C)CCc1nc2ccc(N)cc2[nH]1. The van der Waals surface area contributed by atoms with Gasteiger partial charge in [0.05, 0.1) is 11.0 Å². The third-order valence-corrected chi connectivity index (χ3v) is 3.56. The molecule has 0 saturated carbocycles.